The first-order valence-electron chi connectivity index (χ1n) is 4.92. The van der Waals surface area contributed by atoms with E-state index in [1.165, 1.54) is 6.42 Å². The Morgan fingerprint density at radius 2 is 1.67 bits per heavy atom. The van der Waals surface area contributed by atoms with Crippen molar-refractivity contribution >= 4 is 0 Å². The lowest BCUT2D eigenvalue weighted by Crippen LogP contribution is -2.31. The first kappa shape index (κ1) is 10.0. The zero-order valence-electron chi connectivity index (χ0n) is 8.03. The van der Waals surface area contributed by atoms with E-state index in [0.717, 1.165) is 12.8 Å². The summed E-state index contributed by atoms with van der Waals surface area (Å²) in [6, 6.07) is 0. The third kappa shape index (κ3) is 2.46. The monoisotopic (exact) mass is 172 g/mol. The van der Waals surface area contributed by atoms with Crippen LogP contribution < -0.4 is 0 Å². The second-order valence-electron chi connectivity index (χ2n) is 4.43. The standard InChI is InChI=1S/C10H20O2/c1-7-3-8(2)5-9(4-7)10(12)6-11/h7-12H,3-6H2,1-2H3. The third-order valence-corrected chi connectivity index (χ3v) is 2.95. The lowest BCUT2D eigenvalue weighted by molar-refractivity contribution is 0.0141. The smallest absolute Gasteiger partial charge is 0.0799 e. The van der Waals surface area contributed by atoms with Crippen LogP contribution in [-0.4, -0.2) is 22.9 Å². The maximum atomic E-state index is 9.47. The Labute approximate surface area is 74.6 Å². The van der Waals surface area contributed by atoms with Gasteiger partial charge in [-0.15, -0.1) is 0 Å². The van der Waals surface area contributed by atoms with Gasteiger partial charge in [-0.05, 0) is 37.0 Å². The van der Waals surface area contributed by atoms with E-state index >= 15 is 0 Å². The fraction of sp³-hybridized carbons (Fsp3) is 1.00. The minimum Gasteiger partial charge on any atom is -0.394 e. The fourth-order valence-electron chi connectivity index (χ4n) is 2.47. The maximum Gasteiger partial charge on any atom is 0.0799 e. The van der Waals surface area contributed by atoms with Crippen molar-refractivity contribution < 1.29 is 10.2 Å². The van der Waals surface area contributed by atoms with Crippen molar-refractivity contribution in [2.45, 2.75) is 39.2 Å². The first-order valence-corrected chi connectivity index (χ1v) is 4.92. The molecule has 1 fully saturated rings. The summed E-state index contributed by atoms with van der Waals surface area (Å²) in [5, 5.41) is 18.3. The number of aliphatic hydroxyl groups is 2. The van der Waals surface area contributed by atoms with Gasteiger partial charge in [-0.3, -0.25) is 0 Å². The highest BCUT2D eigenvalue weighted by Gasteiger charge is 2.28. The Hall–Kier alpha value is -0.0800. The first-order chi connectivity index (χ1) is 5.63. The molecule has 0 aromatic rings. The van der Waals surface area contributed by atoms with Gasteiger partial charge >= 0.3 is 0 Å². The van der Waals surface area contributed by atoms with Crippen molar-refractivity contribution in [2.24, 2.45) is 17.8 Å². The molecule has 3 unspecified atom stereocenters. The number of aliphatic hydroxyl groups excluding tert-OH is 2. The minimum absolute atomic E-state index is 0.0793. The normalized spacial score (nSPS) is 39.5. The van der Waals surface area contributed by atoms with Gasteiger partial charge < -0.3 is 10.2 Å². The average Bonchev–Trinajstić information content (AvgIpc) is 2.01. The molecule has 0 aromatic carbocycles. The molecule has 3 atom stereocenters. The minimum atomic E-state index is -0.491. The van der Waals surface area contributed by atoms with E-state index in [-0.39, 0.29) is 6.61 Å². The van der Waals surface area contributed by atoms with Gasteiger partial charge in [0, 0.05) is 0 Å². The van der Waals surface area contributed by atoms with Crippen LogP contribution in [0.5, 0.6) is 0 Å². The molecule has 1 rings (SSSR count). The van der Waals surface area contributed by atoms with Gasteiger partial charge in [-0.1, -0.05) is 13.8 Å². The number of hydrogen-bond acceptors (Lipinski definition) is 2. The average molecular weight is 172 g/mol. The van der Waals surface area contributed by atoms with Crippen LogP contribution in [-0.2, 0) is 0 Å². The van der Waals surface area contributed by atoms with Gasteiger partial charge in [0.25, 0.3) is 0 Å². The molecular formula is C10H20O2. The van der Waals surface area contributed by atoms with E-state index in [2.05, 4.69) is 13.8 Å². The third-order valence-electron chi connectivity index (χ3n) is 2.95. The Morgan fingerprint density at radius 1 is 1.17 bits per heavy atom. The van der Waals surface area contributed by atoms with Crippen LogP contribution in [0.25, 0.3) is 0 Å². The predicted molar refractivity (Wildman–Crippen MR) is 48.8 cm³/mol. The second-order valence-corrected chi connectivity index (χ2v) is 4.43. The maximum absolute atomic E-state index is 9.47. The zero-order valence-corrected chi connectivity index (χ0v) is 8.03. The number of rotatable bonds is 2. The fourth-order valence-corrected chi connectivity index (χ4v) is 2.47. The van der Waals surface area contributed by atoms with E-state index in [1.807, 2.05) is 0 Å². The Bertz CT molecular complexity index is 126. The number of hydrogen-bond donors (Lipinski definition) is 2. The molecule has 0 aromatic heterocycles. The summed E-state index contributed by atoms with van der Waals surface area (Å²) in [6.07, 6.45) is 2.93. The SMILES string of the molecule is CC1CC(C)CC(C(O)CO)C1. The molecule has 0 saturated heterocycles. The molecule has 12 heavy (non-hydrogen) atoms. The molecule has 1 aliphatic rings. The molecular weight excluding hydrogens is 152 g/mol. The van der Waals surface area contributed by atoms with Gasteiger partial charge in [0.2, 0.25) is 0 Å². The molecule has 2 N–H and O–H groups in total. The highest BCUT2D eigenvalue weighted by Crippen LogP contribution is 2.34. The topological polar surface area (TPSA) is 40.5 Å². The van der Waals surface area contributed by atoms with E-state index < -0.39 is 6.10 Å². The quantitative estimate of drug-likeness (QED) is 0.661. The molecule has 0 spiro atoms. The Kier molecular flexibility index (Phi) is 3.53. The summed E-state index contributed by atoms with van der Waals surface area (Å²) in [5.74, 6) is 1.74. The van der Waals surface area contributed by atoms with Crippen molar-refractivity contribution in [3.05, 3.63) is 0 Å². The molecule has 0 amide bonds. The largest absolute Gasteiger partial charge is 0.394 e. The van der Waals surface area contributed by atoms with Gasteiger partial charge in [-0.2, -0.15) is 0 Å². The highest BCUT2D eigenvalue weighted by molar-refractivity contribution is 4.79. The van der Waals surface area contributed by atoms with E-state index in [9.17, 15) is 5.11 Å². The molecule has 2 heteroatoms. The molecule has 72 valence electrons. The van der Waals surface area contributed by atoms with Crippen LogP contribution in [0.2, 0.25) is 0 Å². The lowest BCUT2D eigenvalue weighted by Gasteiger charge is -2.33. The van der Waals surface area contributed by atoms with Crippen molar-refractivity contribution in [3.8, 4) is 0 Å². The van der Waals surface area contributed by atoms with Gasteiger partial charge in [0.1, 0.15) is 0 Å². The molecule has 0 heterocycles. The molecule has 0 radical (unpaired) electrons. The van der Waals surface area contributed by atoms with Crippen molar-refractivity contribution in [3.63, 3.8) is 0 Å². The van der Waals surface area contributed by atoms with Crippen LogP contribution in [0.3, 0.4) is 0 Å². The van der Waals surface area contributed by atoms with Gasteiger partial charge in [0.15, 0.2) is 0 Å². The molecule has 1 saturated carbocycles. The van der Waals surface area contributed by atoms with E-state index in [1.54, 1.807) is 0 Å². The van der Waals surface area contributed by atoms with Crippen molar-refractivity contribution in [1.29, 1.82) is 0 Å². The van der Waals surface area contributed by atoms with Crippen LogP contribution in [0.15, 0.2) is 0 Å². The highest BCUT2D eigenvalue weighted by atomic mass is 16.3. The van der Waals surface area contributed by atoms with Crippen LogP contribution in [0.4, 0.5) is 0 Å². The molecule has 0 aliphatic heterocycles. The van der Waals surface area contributed by atoms with Crippen LogP contribution >= 0.6 is 0 Å². The van der Waals surface area contributed by atoms with Crippen LogP contribution in [0, 0.1) is 17.8 Å². The van der Waals surface area contributed by atoms with E-state index in [4.69, 9.17) is 5.11 Å². The van der Waals surface area contributed by atoms with Crippen molar-refractivity contribution in [2.75, 3.05) is 6.61 Å². The Morgan fingerprint density at radius 3 is 2.08 bits per heavy atom. The molecule has 2 nitrogen and oxygen atoms in total. The predicted octanol–water partition coefficient (Wildman–Crippen LogP) is 1.41. The van der Waals surface area contributed by atoms with Crippen LogP contribution in [0.1, 0.15) is 33.1 Å². The van der Waals surface area contributed by atoms with E-state index in [0.29, 0.717) is 17.8 Å². The van der Waals surface area contributed by atoms with Crippen molar-refractivity contribution in [1.82, 2.24) is 0 Å². The Balaban J connectivity index is 2.43. The molecule has 0 bridgehead atoms. The molecule has 1 aliphatic carbocycles. The summed E-state index contributed by atoms with van der Waals surface area (Å²) < 4.78 is 0. The van der Waals surface area contributed by atoms with Gasteiger partial charge in [0.05, 0.1) is 12.7 Å². The summed E-state index contributed by atoms with van der Waals surface area (Å²) in [5.41, 5.74) is 0. The summed E-state index contributed by atoms with van der Waals surface area (Å²) in [4.78, 5) is 0. The van der Waals surface area contributed by atoms with Gasteiger partial charge in [-0.25, -0.2) is 0 Å². The zero-order chi connectivity index (χ0) is 9.14. The summed E-state index contributed by atoms with van der Waals surface area (Å²) in [7, 11) is 0. The lowest BCUT2D eigenvalue weighted by atomic mass is 9.74. The summed E-state index contributed by atoms with van der Waals surface area (Å²) >= 11 is 0. The second kappa shape index (κ2) is 4.24. The summed E-state index contributed by atoms with van der Waals surface area (Å²) in [6.45, 7) is 4.38.